The first-order valence-corrected chi connectivity index (χ1v) is 11.1. The molecule has 1 aromatic heterocycles. The van der Waals surface area contributed by atoms with E-state index < -0.39 is 17.7 Å². The largest absolute Gasteiger partial charge is 0.493 e. The van der Waals surface area contributed by atoms with Gasteiger partial charge in [-0.05, 0) is 94.8 Å². The van der Waals surface area contributed by atoms with Gasteiger partial charge in [-0.25, -0.2) is 4.79 Å². The quantitative estimate of drug-likeness (QED) is 0.539. The van der Waals surface area contributed by atoms with Crippen molar-refractivity contribution >= 4 is 16.9 Å². The minimum absolute atomic E-state index is 0.616. The van der Waals surface area contributed by atoms with Crippen LogP contribution in [0.25, 0.3) is 22.0 Å². The molecule has 0 aliphatic carbocycles. The van der Waals surface area contributed by atoms with Gasteiger partial charge in [0.1, 0.15) is 5.75 Å². The van der Waals surface area contributed by atoms with Gasteiger partial charge in [-0.3, -0.25) is 4.98 Å². The topological polar surface area (TPSA) is 68.7 Å². The molecule has 168 valence electrons. The van der Waals surface area contributed by atoms with Crippen LogP contribution < -0.4 is 4.74 Å². The van der Waals surface area contributed by atoms with E-state index in [1.165, 1.54) is 5.56 Å². The molecule has 1 N–H and O–H groups in total. The Morgan fingerprint density at radius 1 is 1.16 bits per heavy atom. The summed E-state index contributed by atoms with van der Waals surface area (Å²) in [5, 5.41) is 11.1. The fourth-order valence-electron chi connectivity index (χ4n) is 4.59. The summed E-state index contributed by atoms with van der Waals surface area (Å²) in [6.07, 6.45) is 0.797. The second kappa shape index (κ2) is 8.21. The number of carboxylic acid groups (broad SMARTS) is 1. The molecule has 32 heavy (non-hydrogen) atoms. The van der Waals surface area contributed by atoms with Crippen molar-refractivity contribution in [1.29, 1.82) is 0 Å². The molecule has 5 nitrogen and oxygen atoms in total. The Bertz CT molecular complexity index is 1210. The monoisotopic (exact) mass is 433 g/mol. The van der Waals surface area contributed by atoms with E-state index in [9.17, 15) is 9.90 Å². The predicted molar refractivity (Wildman–Crippen MR) is 126 cm³/mol. The average Bonchev–Trinajstić information content (AvgIpc) is 2.72. The highest BCUT2D eigenvalue weighted by Crippen LogP contribution is 2.43. The van der Waals surface area contributed by atoms with Crippen molar-refractivity contribution in [3.63, 3.8) is 0 Å². The number of ether oxygens (including phenoxy) is 2. The number of carbonyl (C=O) groups is 1. The van der Waals surface area contributed by atoms with Gasteiger partial charge in [0.05, 0.1) is 17.7 Å². The highest BCUT2D eigenvalue weighted by Gasteiger charge is 2.33. The smallest absolute Gasteiger partial charge is 0.337 e. The Morgan fingerprint density at radius 2 is 1.91 bits per heavy atom. The third kappa shape index (κ3) is 4.09. The molecule has 2 heterocycles. The van der Waals surface area contributed by atoms with Crippen molar-refractivity contribution in [3.8, 4) is 16.9 Å². The first-order valence-electron chi connectivity index (χ1n) is 11.1. The molecular weight excluding hydrogens is 402 g/mol. The van der Waals surface area contributed by atoms with Crippen LogP contribution in [0.5, 0.6) is 5.75 Å². The number of aryl methyl sites for hydroxylation is 2. The molecule has 3 aromatic rings. The van der Waals surface area contributed by atoms with Crippen LogP contribution in [0, 0.1) is 20.8 Å². The summed E-state index contributed by atoms with van der Waals surface area (Å²) in [7, 11) is 0. The molecule has 4 rings (SSSR count). The first kappa shape index (κ1) is 22.3. The second-order valence-electron chi connectivity index (χ2n) is 9.62. The summed E-state index contributed by atoms with van der Waals surface area (Å²) in [6, 6.07) is 10.2. The molecule has 2 aromatic carbocycles. The molecule has 0 amide bonds. The van der Waals surface area contributed by atoms with Crippen molar-refractivity contribution in [3.05, 3.63) is 58.3 Å². The van der Waals surface area contributed by atoms with Gasteiger partial charge in [0, 0.05) is 16.6 Å². The molecule has 0 saturated heterocycles. The van der Waals surface area contributed by atoms with Crippen molar-refractivity contribution in [1.82, 2.24) is 4.98 Å². The van der Waals surface area contributed by atoms with Crippen molar-refractivity contribution in [2.75, 3.05) is 6.61 Å². The van der Waals surface area contributed by atoms with E-state index in [0.717, 1.165) is 58.4 Å². The number of carboxylic acids is 1. The third-order valence-corrected chi connectivity index (χ3v) is 5.98. The van der Waals surface area contributed by atoms with Gasteiger partial charge in [-0.1, -0.05) is 17.7 Å². The molecule has 0 radical (unpaired) electrons. The van der Waals surface area contributed by atoms with Crippen LogP contribution in [-0.2, 0) is 16.0 Å². The highest BCUT2D eigenvalue weighted by molar-refractivity contribution is 6.00. The van der Waals surface area contributed by atoms with Gasteiger partial charge in [0.2, 0.25) is 0 Å². The zero-order valence-electron chi connectivity index (χ0n) is 19.7. The summed E-state index contributed by atoms with van der Waals surface area (Å²) >= 11 is 0. The number of nitrogens with zero attached hydrogens (tertiary/aromatic N) is 1. The molecule has 1 aliphatic rings. The molecule has 1 aliphatic heterocycles. The second-order valence-corrected chi connectivity index (χ2v) is 9.62. The molecular formula is C27H31NO4. The standard InChI is InChI=1S/C27H31NO4/c1-15-9-11-21-20(14-15)24(19-10-12-22-18(16(19)2)8-7-13-31-22)23(17(3)28-21)25(26(29)30)32-27(4,5)6/h9-12,14,25H,7-8,13H2,1-6H3,(H,29,30)/t25-/m0/s1. The Balaban J connectivity index is 2.09. The van der Waals surface area contributed by atoms with Crippen LogP contribution in [0.1, 0.15) is 61.2 Å². The lowest BCUT2D eigenvalue weighted by atomic mass is 9.86. The van der Waals surface area contributed by atoms with E-state index in [1.54, 1.807) is 0 Å². The van der Waals surface area contributed by atoms with Crippen LogP contribution in [0.4, 0.5) is 0 Å². The van der Waals surface area contributed by atoms with E-state index in [1.807, 2.05) is 52.8 Å². The van der Waals surface area contributed by atoms with Gasteiger partial charge < -0.3 is 14.6 Å². The number of hydrogen-bond donors (Lipinski definition) is 1. The zero-order chi connectivity index (χ0) is 23.2. The van der Waals surface area contributed by atoms with Crippen molar-refractivity contribution in [2.45, 2.75) is 66.1 Å². The van der Waals surface area contributed by atoms with Crippen LogP contribution >= 0.6 is 0 Å². The van der Waals surface area contributed by atoms with Crippen molar-refractivity contribution < 1.29 is 19.4 Å². The maximum absolute atomic E-state index is 12.5. The summed E-state index contributed by atoms with van der Waals surface area (Å²) in [5.74, 6) is -0.0944. The SMILES string of the molecule is Cc1ccc2nc(C)c([C@H](OC(C)(C)C)C(=O)O)c(-c3ccc4c(c3C)CCCO4)c2c1. The Morgan fingerprint density at radius 3 is 2.59 bits per heavy atom. The van der Waals surface area contributed by atoms with Crippen LogP contribution in [0.15, 0.2) is 30.3 Å². The third-order valence-electron chi connectivity index (χ3n) is 5.98. The zero-order valence-corrected chi connectivity index (χ0v) is 19.7. The molecule has 0 spiro atoms. The molecule has 0 unspecified atom stereocenters. The summed E-state index contributed by atoms with van der Waals surface area (Å²) in [5.41, 5.74) is 6.81. The van der Waals surface area contributed by atoms with Crippen LogP contribution in [0.3, 0.4) is 0 Å². The summed E-state index contributed by atoms with van der Waals surface area (Å²) < 4.78 is 12.0. The summed E-state index contributed by atoms with van der Waals surface area (Å²) in [4.78, 5) is 17.2. The minimum atomic E-state index is -1.13. The Hall–Kier alpha value is -2.92. The first-order chi connectivity index (χ1) is 15.1. The maximum atomic E-state index is 12.5. The lowest BCUT2D eigenvalue weighted by molar-refractivity contribution is -0.160. The van der Waals surface area contributed by atoms with Gasteiger partial charge in [-0.2, -0.15) is 0 Å². The minimum Gasteiger partial charge on any atom is -0.493 e. The molecule has 0 fully saturated rings. The number of benzene rings is 2. The van der Waals surface area contributed by atoms with Crippen LogP contribution in [-0.4, -0.2) is 28.3 Å². The van der Waals surface area contributed by atoms with Gasteiger partial charge in [-0.15, -0.1) is 0 Å². The summed E-state index contributed by atoms with van der Waals surface area (Å²) in [6.45, 7) is 12.4. The number of aliphatic carboxylic acids is 1. The average molecular weight is 434 g/mol. The molecule has 0 bridgehead atoms. The van der Waals surface area contributed by atoms with Crippen LogP contribution in [0.2, 0.25) is 0 Å². The van der Waals surface area contributed by atoms with Crippen molar-refractivity contribution in [2.24, 2.45) is 0 Å². The van der Waals surface area contributed by atoms with E-state index >= 15 is 0 Å². The van der Waals surface area contributed by atoms with E-state index in [4.69, 9.17) is 14.5 Å². The predicted octanol–water partition coefficient (Wildman–Crippen LogP) is 6.09. The fraction of sp³-hybridized carbons (Fsp3) is 0.407. The molecule has 0 saturated carbocycles. The van der Waals surface area contributed by atoms with E-state index in [2.05, 4.69) is 19.1 Å². The number of hydrogen-bond acceptors (Lipinski definition) is 4. The Kier molecular flexibility index (Phi) is 5.72. The lowest BCUT2D eigenvalue weighted by Crippen LogP contribution is -2.28. The van der Waals surface area contributed by atoms with E-state index in [0.29, 0.717) is 11.3 Å². The van der Waals surface area contributed by atoms with Gasteiger partial charge in [0.15, 0.2) is 6.10 Å². The number of aromatic nitrogens is 1. The normalized spacial score (nSPS) is 14.7. The fourth-order valence-corrected chi connectivity index (χ4v) is 4.59. The van der Waals surface area contributed by atoms with E-state index in [-0.39, 0.29) is 0 Å². The Labute approximate surface area is 189 Å². The molecule has 5 heteroatoms. The van der Waals surface area contributed by atoms with Gasteiger partial charge >= 0.3 is 5.97 Å². The molecule has 1 atom stereocenters. The number of fused-ring (bicyclic) bond motifs is 2. The maximum Gasteiger partial charge on any atom is 0.337 e. The highest BCUT2D eigenvalue weighted by atomic mass is 16.5. The number of rotatable bonds is 4. The lowest BCUT2D eigenvalue weighted by Gasteiger charge is -2.29. The number of pyridine rings is 1. The van der Waals surface area contributed by atoms with Gasteiger partial charge in [0.25, 0.3) is 0 Å².